The Labute approximate surface area is 89.9 Å². The van der Waals surface area contributed by atoms with E-state index in [-0.39, 0.29) is 4.87 Å². The zero-order valence-corrected chi connectivity index (χ0v) is 9.49. The lowest BCUT2D eigenvalue weighted by Gasteiger charge is -2.24. The fourth-order valence-electron chi connectivity index (χ4n) is 1.43. The highest BCUT2D eigenvalue weighted by molar-refractivity contribution is 6.31. The molecule has 0 saturated heterocycles. The molecule has 13 heavy (non-hydrogen) atoms. The van der Waals surface area contributed by atoms with E-state index in [2.05, 4.69) is 13.8 Å². The first-order valence-electron chi connectivity index (χ1n) is 4.57. The molecule has 0 fully saturated rings. The first-order valence-corrected chi connectivity index (χ1v) is 5.33. The summed E-state index contributed by atoms with van der Waals surface area (Å²) in [6.07, 6.45) is 1.84. The van der Waals surface area contributed by atoms with Crippen LogP contribution in [0.25, 0.3) is 0 Å². The van der Waals surface area contributed by atoms with Gasteiger partial charge >= 0.3 is 0 Å². The van der Waals surface area contributed by atoms with E-state index >= 15 is 0 Å². The van der Waals surface area contributed by atoms with Crippen LogP contribution in [-0.2, 0) is 4.87 Å². The lowest BCUT2D eigenvalue weighted by molar-refractivity contribution is 0.566. The fourth-order valence-corrected chi connectivity index (χ4v) is 1.73. The normalized spacial score (nSPS) is 11.7. The van der Waals surface area contributed by atoms with Crippen molar-refractivity contribution in [3.63, 3.8) is 0 Å². The molecule has 2 heteroatoms. The van der Waals surface area contributed by atoms with E-state index in [1.54, 1.807) is 0 Å². The number of benzene rings is 1. The SMILES string of the molecule is CCC(Cl)(CC)c1cccc(Cl)c1. The Kier molecular flexibility index (Phi) is 3.63. The molecule has 0 aromatic heterocycles. The van der Waals surface area contributed by atoms with Crippen LogP contribution in [0, 0.1) is 0 Å². The van der Waals surface area contributed by atoms with E-state index in [4.69, 9.17) is 23.2 Å². The van der Waals surface area contributed by atoms with Gasteiger partial charge in [0.25, 0.3) is 0 Å². The third kappa shape index (κ3) is 2.38. The van der Waals surface area contributed by atoms with E-state index in [1.165, 1.54) is 0 Å². The highest BCUT2D eigenvalue weighted by atomic mass is 35.5. The molecule has 1 aromatic carbocycles. The minimum atomic E-state index is -0.245. The summed E-state index contributed by atoms with van der Waals surface area (Å²) in [5.41, 5.74) is 1.12. The van der Waals surface area contributed by atoms with E-state index in [0.717, 1.165) is 23.4 Å². The Morgan fingerprint density at radius 2 is 1.85 bits per heavy atom. The monoisotopic (exact) mass is 216 g/mol. The molecule has 0 saturated carbocycles. The Morgan fingerprint density at radius 1 is 1.23 bits per heavy atom. The van der Waals surface area contributed by atoms with Crippen LogP contribution in [0.4, 0.5) is 0 Å². The van der Waals surface area contributed by atoms with Gasteiger partial charge in [-0.05, 0) is 30.5 Å². The van der Waals surface area contributed by atoms with Gasteiger partial charge in [0.1, 0.15) is 0 Å². The van der Waals surface area contributed by atoms with Crippen LogP contribution in [0.1, 0.15) is 32.3 Å². The standard InChI is InChI=1S/C11H14Cl2/c1-3-11(13,4-2)9-6-5-7-10(12)8-9/h5-8H,3-4H2,1-2H3. The molecule has 0 spiro atoms. The lowest BCUT2D eigenvalue weighted by Crippen LogP contribution is -2.15. The molecule has 0 bridgehead atoms. The maximum atomic E-state index is 6.45. The first kappa shape index (κ1) is 10.9. The zero-order valence-electron chi connectivity index (χ0n) is 7.98. The van der Waals surface area contributed by atoms with Gasteiger partial charge in [-0.3, -0.25) is 0 Å². The van der Waals surface area contributed by atoms with Crippen LogP contribution in [0.2, 0.25) is 5.02 Å². The van der Waals surface area contributed by atoms with Crippen molar-refractivity contribution in [3.8, 4) is 0 Å². The van der Waals surface area contributed by atoms with Gasteiger partial charge in [-0.15, -0.1) is 11.6 Å². The fraction of sp³-hybridized carbons (Fsp3) is 0.455. The Balaban J connectivity index is 3.05. The second-order valence-electron chi connectivity index (χ2n) is 3.18. The summed E-state index contributed by atoms with van der Waals surface area (Å²) in [6.45, 7) is 4.19. The van der Waals surface area contributed by atoms with Crippen molar-refractivity contribution in [2.75, 3.05) is 0 Å². The Hall–Kier alpha value is -0.200. The highest BCUT2D eigenvalue weighted by Crippen LogP contribution is 2.36. The Bertz CT molecular complexity index is 277. The molecule has 0 atom stereocenters. The van der Waals surface area contributed by atoms with Crippen molar-refractivity contribution in [1.82, 2.24) is 0 Å². The maximum absolute atomic E-state index is 6.45. The third-order valence-corrected chi connectivity index (χ3v) is 3.45. The largest absolute Gasteiger partial charge is 0.114 e. The van der Waals surface area contributed by atoms with E-state index in [9.17, 15) is 0 Å². The average Bonchev–Trinajstić information content (AvgIpc) is 2.17. The number of rotatable bonds is 3. The van der Waals surface area contributed by atoms with Gasteiger partial charge in [0.15, 0.2) is 0 Å². The van der Waals surface area contributed by atoms with Crippen molar-refractivity contribution in [3.05, 3.63) is 34.9 Å². The molecular formula is C11H14Cl2. The van der Waals surface area contributed by atoms with Crippen LogP contribution in [-0.4, -0.2) is 0 Å². The maximum Gasteiger partial charge on any atom is 0.0690 e. The highest BCUT2D eigenvalue weighted by Gasteiger charge is 2.24. The second-order valence-corrected chi connectivity index (χ2v) is 4.34. The predicted octanol–water partition coefficient (Wildman–Crippen LogP) is 4.59. The summed E-state index contributed by atoms with van der Waals surface area (Å²) in [6, 6.07) is 7.79. The van der Waals surface area contributed by atoms with Gasteiger partial charge < -0.3 is 0 Å². The minimum Gasteiger partial charge on any atom is -0.114 e. The van der Waals surface area contributed by atoms with Gasteiger partial charge in [-0.2, -0.15) is 0 Å². The van der Waals surface area contributed by atoms with Gasteiger partial charge in [0.05, 0.1) is 4.87 Å². The van der Waals surface area contributed by atoms with Crippen molar-refractivity contribution < 1.29 is 0 Å². The molecule has 0 aliphatic rings. The first-order chi connectivity index (χ1) is 6.12. The Morgan fingerprint density at radius 3 is 2.31 bits per heavy atom. The van der Waals surface area contributed by atoms with Crippen LogP contribution in [0.15, 0.2) is 24.3 Å². The summed E-state index contributed by atoms with van der Waals surface area (Å²) < 4.78 is 0. The molecule has 0 radical (unpaired) electrons. The lowest BCUT2D eigenvalue weighted by atomic mass is 9.93. The minimum absolute atomic E-state index is 0.245. The van der Waals surface area contributed by atoms with Gasteiger partial charge in [0, 0.05) is 5.02 Å². The number of hydrogen-bond donors (Lipinski definition) is 0. The van der Waals surface area contributed by atoms with Gasteiger partial charge in [-0.1, -0.05) is 37.6 Å². The van der Waals surface area contributed by atoms with Crippen LogP contribution >= 0.6 is 23.2 Å². The van der Waals surface area contributed by atoms with Gasteiger partial charge in [0.2, 0.25) is 0 Å². The smallest absolute Gasteiger partial charge is 0.0690 e. The van der Waals surface area contributed by atoms with Crippen LogP contribution in [0.3, 0.4) is 0 Å². The summed E-state index contributed by atoms with van der Waals surface area (Å²) >= 11 is 12.4. The topological polar surface area (TPSA) is 0 Å². The molecule has 0 nitrogen and oxygen atoms in total. The molecule has 0 heterocycles. The quantitative estimate of drug-likeness (QED) is 0.649. The van der Waals surface area contributed by atoms with Crippen molar-refractivity contribution in [2.24, 2.45) is 0 Å². The summed E-state index contributed by atoms with van der Waals surface area (Å²) in [4.78, 5) is -0.245. The molecular weight excluding hydrogens is 203 g/mol. The second kappa shape index (κ2) is 4.34. The van der Waals surface area contributed by atoms with Gasteiger partial charge in [-0.25, -0.2) is 0 Å². The molecule has 0 aliphatic carbocycles. The predicted molar refractivity (Wildman–Crippen MR) is 59.6 cm³/mol. The van der Waals surface area contributed by atoms with Crippen LogP contribution in [0.5, 0.6) is 0 Å². The summed E-state index contributed by atoms with van der Waals surface area (Å²) in [5.74, 6) is 0. The third-order valence-electron chi connectivity index (χ3n) is 2.46. The number of halogens is 2. The van der Waals surface area contributed by atoms with Crippen molar-refractivity contribution in [1.29, 1.82) is 0 Å². The summed E-state index contributed by atoms with van der Waals surface area (Å²) in [7, 11) is 0. The summed E-state index contributed by atoms with van der Waals surface area (Å²) in [5, 5.41) is 0.754. The molecule has 1 rings (SSSR count). The van der Waals surface area contributed by atoms with E-state index in [1.807, 2.05) is 24.3 Å². The van der Waals surface area contributed by atoms with E-state index in [0.29, 0.717) is 0 Å². The zero-order chi connectivity index (χ0) is 9.90. The molecule has 1 aromatic rings. The molecule has 0 N–H and O–H groups in total. The molecule has 72 valence electrons. The van der Waals surface area contributed by atoms with E-state index < -0.39 is 0 Å². The van der Waals surface area contributed by atoms with Crippen LogP contribution < -0.4 is 0 Å². The number of alkyl halides is 1. The molecule has 0 unspecified atom stereocenters. The average molecular weight is 217 g/mol. The number of hydrogen-bond acceptors (Lipinski definition) is 0. The molecule has 0 aliphatic heterocycles. The van der Waals surface area contributed by atoms with Crippen molar-refractivity contribution >= 4 is 23.2 Å². The van der Waals surface area contributed by atoms with Crippen molar-refractivity contribution in [2.45, 2.75) is 31.6 Å². The molecule has 0 amide bonds.